The van der Waals surface area contributed by atoms with Gasteiger partial charge in [0.15, 0.2) is 0 Å². The van der Waals surface area contributed by atoms with Crippen LogP contribution in [0.4, 0.5) is 61.9 Å². The van der Waals surface area contributed by atoms with Crippen LogP contribution in [0.3, 0.4) is 0 Å². The third kappa shape index (κ3) is 4.18. The Hall–Kier alpha value is -1.64. The summed E-state index contributed by atoms with van der Waals surface area (Å²) in [6.07, 6.45) is -10.1. The summed E-state index contributed by atoms with van der Waals surface area (Å²) in [4.78, 5) is 10.1. The van der Waals surface area contributed by atoms with Crippen molar-refractivity contribution in [2.45, 2.75) is 55.6 Å². The molecule has 0 atom stereocenters. The fourth-order valence-electron chi connectivity index (χ4n) is 1.73. The van der Waals surface area contributed by atoms with Crippen molar-refractivity contribution in [1.82, 2.24) is 4.90 Å². The van der Waals surface area contributed by atoms with Gasteiger partial charge in [-0.15, -0.1) is 0 Å². The van der Waals surface area contributed by atoms with E-state index < -0.39 is 59.9 Å². The molecule has 0 aliphatic rings. The van der Waals surface area contributed by atoms with Gasteiger partial charge < -0.3 is 10.0 Å². The number of carbonyl (C=O) groups is 1. The van der Waals surface area contributed by atoms with Crippen LogP contribution in [0.2, 0.25) is 0 Å². The highest BCUT2D eigenvalue weighted by Crippen LogP contribution is 2.60. The maximum atomic E-state index is 13.6. The van der Waals surface area contributed by atoms with Gasteiger partial charge in [-0.05, 0) is 6.42 Å². The van der Waals surface area contributed by atoms with Crippen LogP contribution in [-0.4, -0.2) is 65.0 Å². The van der Waals surface area contributed by atoms with Crippen molar-refractivity contribution in [2.75, 3.05) is 13.1 Å². The van der Waals surface area contributed by atoms with E-state index in [2.05, 4.69) is 0 Å². The lowest BCUT2D eigenvalue weighted by Crippen LogP contribution is -2.71. The first-order valence-electron chi connectivity index (χ1n) is 7.05. The molecule has 0 radical (unpaired) electrons. The Morgan fingerprint density at radius 3 is 1.46 bits per heavy atom. The Morgan fingerprint density at radius 2 is 1.14 bits per heavy atom. The molecule has 0 aliphatic heterocycles. The van der Waals surface area contributed by atoms with Gasteiger partial charge in [0.2, 0.25) is 0 Å². The minimum Gasteiger partial charge on any atom is -0.465 e. The Labute approximate surface area is 148 Å². The highest BCUT2D eigenvalue weighted by Gasteiger charge is 2.90. The molecule has 0 spiro atoms. The Kier molecular flexibility index (Phi) is 7.20. The van der Waals surface area contributed by atoms with Gasteiger partial charge in [0.1, 0.15) is 0 Å². The van der Waals surface area contributed by atoms with Gasteiger partial charge in [0.25, 0.3) is 0 Å². The number of hydrogen-bond donors (Lipinski definition) is 1. The molecule has 0 unspecified atom stereocenters. The van der Waals surface area contributed by atoms with E-state index in [4.69, 9.17) is 5.11 Å². The Morgan fingerprint density at radius 1 is 0.750 bits per heavy atom. The van der Waals surface area contributed by atoms with Crippen LogP contribution in [0.15, 0.2) is 0 Å². The van der Waals surface area contributed by atoms with Crippen molar-refractivity contribution in [3.05, 3.63) is 0 Å². The molecule has 0 aromatic rings. The van der Waals surface area contributed by atoms with Gasteiger partial charge in [0.05, 0.1) is 6.54 Å². The van der Waals surface area contributed by atoms with Crippen LogP contribution in [-0.2, 0) is 0 Å². The van der Waals surface area contributed by atoms with Crippen molar-refractivity contribution < 1.29 is 67.0 Å². The topological polar surface area (TPSA) is 40.5 Å². The summed E-state index contributed by atoms with van der Waals surface area (Å²) in [6.45, 7) is -2.46. The number of hydrogen-bond acceptors (Lipinski definition) is 1. The lowest BCUT2D eigenvalue weighted by Gasteiger charge is -2.40. The number of carboxylic acid groups (broad SMARTS) is 1. The minimum absolute atomic E-state index is 0.0811. The van der Waals surface area contributed by atoms with Crippen LogP contribution in [0, 0.1) is 0 Å². The molecular formula is C12H12F13NO2. The molecule has 28 heavy (non-hydrogen) atoms. The molecule has 0 aromatic carbocycles. The predicted molar refractivity (Wildman–Crippen MR) is 65.3 cm³/mol. The summed E-state index contributed by atoms with van der Waals surface area (Å²) in [7, 11) is 0. The van der Waals surface area contributed by atoms with Crippen molar-refractivity contribution in [3.63, 3.8) is 0 Å². The number of amides is 1. The summed E-state index contributed by atoms with van der Waals surface area (Å²) in [5, 5.41) is 8.57. The zero-order valence-corrected chi connectivity index (χ0v) is 13.5. The number of rotatable bonds is 9. The average molecular weight is 449 g/mol. The maximum Gasteiger partial charge on any atom is 0.460 e. The molecule has 0 bridgehead atoms. The van der Waals surface area contributed by atoms with Crippen LogP contribution in [0.1, 0.15) is 19.8 Å². The molecule has 0 rings (SSSR count). The fourth-order valence-corrected chi connectivity index (χ4v) is 1.73. The molecule has 1 amide bonds. The van der Waals surface area contributed by atoms with Crippen LogP contribution < -0.4 is 0 Å². The molecular weight excluding hydrogens is 437 g/mol. The van der Waals surface area contributed by atoms with Crippen molar-refractivity contribution in [3.8, 4) is 0 Å². The third-order valence-corrected chi connectivity index (χ3v) is 3.44. The number of nitrogens with zero attached hydrogens (tertiary/aromatic N) is 1. The molecule has 3 nitrogen and oxygen atoms in total. The first-order chi connectivity index (χ1) is 12.1. The van der Waals surface area contributed by atoms with E-state index in [1.54, 1.807) is 0 Å². The summed E-state index contributed by atoms with van der Waals surface area (Å²) < 4.78 is 168. The van der Waals surface area contributed by atoms with E-state index in [0.29, 0.717) is 0 Å². The smallest absolute Gasteiger partial charge is 0.460 e. The first kappa shape index (κ1) is 26.4. The van der Waals surface area contributed by atoms with E-state index in [1.807, 2.05) is 0 Å². The van der Waals surface area contributed by atoms with Crippen molar-refractivity contribution in [2.24, 2.45) is 0 Å². The van der Waals surface area contributed by atoms with E-state index >= 15 is 0 Å². The summed E-state index contributed by atoms with van der Waals surface area (Å²) in [6, 6.07) is 0. The average Bonchev–Trinajstić information content (AvgIpc) is 2.49. The van der Waals surface area contributed by atoms with Gasteiger partial charge in [-0.1, -0.05) is 13.3 Å². The fraction of sp³-hybridized carbons (Fsp3) is 0.917. The second kappa shape index (κ2) is 7.65. The Balaban J connectivity index is 6.13. The zero-order chi connectivity index (χ0) is 23.0. The van der Waals surface area contributed by atoms with Gasteiger partial charge in [-0.2, -0.15) is 57.1 Å². The van der Waals surface area contributed by atoms with Crippen molar-refractivity contribution >= 4 is 6.09 Å². The summed E-state index contributed by atoms with van der Waals surface area (Å²) in [5.74, 6) is -37.6. The molecule has 0 heterocycles. The largest absolute Gasteiger partial charge is 0.465 e. The SMILES string of the molecule is CCCCN(CC(F)(F)C(F)(F)C(F)(F)C(F)(F)C(F)(F)C(F)(F)F)C(=O)O. The molecule has 0 aromatic heterocycles. The molecule has 0 saturated heterocycles. The maximum absolute atomic E-state index is 13.6. The van der Waals surface area contributed by atoms with Gasteiger partial charge in [-0.25, -0.2) is 4.79 Å². The molecule has 0 fully saturated rings. The van der Waals surface area contributed by atoms with E-state index in [1.165, 1.54) is 6.92 Å². The van der Waals surface area contributed by atoms with Gasteiger partial charge >= 0.3 is 41.9 Å². The summed E-state index contributed by atoms with van der Waals surface area (Å²) >= 11 is 0. The zero-order valence-electron chi connectivity index (χ0n) is 13.5. The van der Waals surface area contributed by atoms with Gasteiger partial charge in [0, 0.05) is 6.54 Å². The normalized spacial score (nSPS) is 14.9. The second-order valence-corrected chi connectivity index (χ2v) is 5.56. The quantitative estimate of drug-likeness (QED) is 0.472. The van der Waals surface area contributed by atoms with E-state index in [-0.39, 0.29) is 12.8 Å². The lowest BCUT2D eigenvalue weighted by molar-refractivity contribution is -0.440. The minimum atomic E-state index is -8.00. The number of unbranched alkanes of at least 4 members (excludes halogenated alkanes) is 1. The number of halogens is 13. The molecule has 0 aliphatic carbocycles. The first-order valence-corrected chi connectivity index (χ1v) is 7.05. The highest BCUT2D eigenvalue weighted by atomic mass is 19.4. The Bertz CT molecular complexity index is 558. The van der Waals surface area contributed by atoms with Gasteiger partial charge in [-0.3, -0.25) is 0 Å². The molecule has 1 N–H and O–H groups in total. The highest BCUT2D eigenvalue weighted by molar-refractivity contribution is 5.65. The second-order valence-electron chi connectivity index (χ2n) is 5.56. The standard InChI is InChI=1S/C12H12F13NO2/c1-2-3-4-26(6(27)28)5-7(13,14)8(15,16)9(17,18)10(19,20)11(21,22)12(23,24)25/h2-5H2,1H3,(H,27,28). The molecule has 0 saturated carbocycles. The molecule has 16 heteroatoms. The lowest BCUT2D eigenvalue weighted by atomic mass is 9.93. The van der Waals surface area contributed by atoms with Crippen LogP contribution in [0.25, 0.3) is 0 Å². The number of alkyl halides is 13. The van der Waals surface area contributed by atoms with Crippen LogP contribution >= 0.6 is 0 Å². The molecule has 168 valence electrons. The summed E-state index contributed by atoms with van der Waals surface area (Å²) in [5.41, 5.74) is 0. The van der Waals surface area contributed by atoms with Crippen molar-refractivity contribution in [1.29, 1.82) is 0 Å². The monoisotopic (exact) mass is 449 g/mol. The van der Waals surface area contributed by atoms with E-state index in [9.17, 15) is 61.9 Å². The van der Waals surface area contributed by atoms with Crippen LogP contribution in [0.5, 0.6) is 0 Å². The van der Waals surface area contributed by atoms with E-state index in [0.717, 1.165) is 0 Å². The third-order valence-electron chi connectivity index (χ3n) is 3.44. The predicted octanol–water partition coefficient (Wildman–Crippen LogP) is 5.51.